The van der Waals surface area contributed by atoms with Crippen molar-refractivity contribution in [1.29, 1.82) is 0 Å². The SMILES string of the molecule is CPc1ccc(-c2coc3cc(C)ccc3c2=O)cc1. The Hall–Kier alpha value is -1.92. The van der Waals surface area contributed by atoms with Crippen LogP contribution in [0.1, 0.15) is 5.56 Å². The summed E-state index contributed by atoms with van der Waals surface area (Å²) in [6.45, 7) is 4.12. The predicted octanol–water partition coefficient (Wildman–Crippen LogP) is 3.70. The lowest BCUT2D eigenvalue weighted by molar-refractivity contribution is 0.604. The van der Waals surface area contributed by atoms with Crippen molar-refractivity contribution in [1.82, 2.24) is 0 Å². The Labute approximate surface area is 119 Å². The highest BCUT2D eigenvalue weighted by molar-refractivity contribution is 7.46. The summed E-state index contributed by atoms with van der Waals surface area (Å²) < 4.78 is 5.62. The average molecular weight is 282 g/mol. The van der Waals surface area contributed by atoms with Crippen LogP contribution in [0.5, 0.6) is 0 Å². The number of benzene rings is 2. The standard InChI is InChI=1S/C17H15O2P/c1-11-3-8-14-16(9-11)19-10-15(17(14)18)12-4-6-13(20-2)7-5-12/h3-10,20H,1-2H3. The van der Waals surface area contributed by atoms with Crippen molar-refractivity contribution in [3.8, 4) is 11.1 Å². The predicted molar refractivity (Wildman–Crippen MR) is 86.5 cm³/mol. The van der Waals surface area contributed by atoms with Crippen LogP contribution in [0.3, 0.4) is 0 Å². The molecule has 1 heterocycles. The van der Waals surface area contributed by atoms with E-state index in [9.17, 15) is 4.79 Å². The van der Waals surface area contributed by atoms with E-state index in [0.717, 1.165) is 19.7 Å². The zero-order chi connectivity index (χ0) is 14.1. The Morgan fingerprint density at radius 2 is 1.80 bits per heavy atom. The summed E-state index contributed by atoms with van der Waals surface area (Å²) in [6.07, 6.45) is 1.56. The normalized spacial score (nSPS) is 11.5. The smallest absolute Gasteiger partial charge is 0.200 e. The van der Waals surface area contributed by atoms with Crippen molar-refractivity contribution in [2.75, 3.05) is 6.66 Å². The summed E-state index contributed by atoms with van der Waals surface area (Å²) in [4.78, 5) is 12.5. The van der Waals surface area contributed by atoms with Gasteiger partial charge in [-0.1, -0.05) is 38.9 Å². The third kappa shape index (κ3) is 2.28. The molecule has 0 saturated carbocycles. The first-order valence-corrected chi connectivity index (χ1v) is 7.99. The van der Waals surface area contributed by atoms with Gasteiger partial charge in [-0.2, -0.15) is 0 Å². The summed E-state index contributed by atoms with van der Waals surface area (Å²) >= 11 is 0. The lowest BCUT2D eigenvalue weighted by Gasteiger charge is -2.04. The molecule has 0 bridgehead atoms. The lowest BCUT2D eigenvalue weighted by Crippen LogP contribution is -2.05. The monoisotopic (exact) mass is 282 g/mol. The lowest BCUT2D eigenvalue weighted by atomic mass is 10.1. The quantitative estimate of drug-likeness (QED) is 0.671. The van der Waals surface area contributed by atoms with Gasteiger partial charge < -0.3 is 4.42 Å². The van der Waals surface area contributed by atoms with Crippen LogP contribution in [0, 0.1) is 6.92 Å². The molecule has 1 atom stereocenters. The van der Waals surface area contributed by atoms with Crippen molar-refractivity contribution >= 4 is 24.9 Å². The van der Waals surface area contributed by atoms with Crippen LogP contribution < -0.4 is 10.7 Å². The van der Waals surface area contributed by atoms with Gasteiger partial charge in [0, 0.05) is 0 Å². The first-order valence-electron chi connectivity index (χ1n) is 6.49. The second-order valence-electron chi connectivity index (χ2n) is 4.81. The zero-order valence-electron chi connectivity index (χ0n) is 11.4. The molecule has 0 radical (unpaired) electrons. The minimum absolute atomic E-state index is 0.0259. The molecule has 1 unspecified atom stereocenters. The van der Waals surface area contributed by atoms with E-state index < -0.39 is 0 Å². The van der Waals surface area contributed by atoms with E-state index in [1.54, 1.807) is 6.26 Å². The second-order valence-corrected chi connectivity index (χ2v) is 5.88. The highest BCUT2D eigenvalue weighted by Crippen LogP contribution is 2.20. The molecule has 0 fully saturated rings. The summed E-state index contributed by atoms with van der Waals surface area (Å²) in [7, 11) is 0.763. The Morgan fingerprint density at radius 3 is 2.50 bits per heavy atom. The highest BCUT2D eigenvalue weighted by Gasteiger charge is 2.09. The molecule has 3 aromatic rings. The fraction of sp³-hybridized carbons (Fsp3) is 0.118. The summed E-state index contributed by atoms with van der Waals surface area (Å²) in [5.74, 6) is 0. The van der Waals surface area contributed by atoms with Gasteiger partial charge in [-0.25, -0.2) is 0 Å². The molecule has 3 heteroatoms. The van der Waals surface area contributed by atoms with Crippen LogP contribution in [0.4, 0.5) is 0 Å². The van der Waals surface area contributed by atoms with E-state index in [1.807, 2.05) is 37.3 Å². The van der Waals surface area contributed by atoms with Gasteiger partial charge in [-0.3, -0.25) is 4.79 Å². The summed E-state index contributed by atoms with van der Waals surface area (Å²) in [5, 5.41) is 1.92. The molecule has 0 N–H and O–H groups in total. The third-order valence-corrected chi connectivity index (χ3v) is 4.33. The largest absolute Gasteiger partial charge is 0.463 e. The van der Waals surface area contributed by atoms with E-state index in [0.29, 0.717) is 16.5 Å². The average Bonchev–Trinajstić information content (AvgIpc) is 2.48. The molecule has 0 aliphatic heterocycles. The maximum absolute atomic E-state index is 12.5. The molecule has 0 aliphatic rings. The van der Waals surface area contributed by atoms with Gasteiger partial charge in [-0.15, -0.1) is 0 Å². The van der Waals surface area contributed by atoms with Gasteiger partial charge in [0.15, 0.2) is 5.43 Å². The maximum Gasteiger partial charge on any atom is 0.200 e. The van der Waals surface area contributed by atoms with Gasteiger partial charge in [0.25, 0.3) is 0 Å². The van der Waals surface area contributed by atoms with Crippen molar-refractivity contribution in [3.05, 3.63) is 64.5 Å². The molecule has 0 spiro atoms. The van der Waals surface area contributed by atoms with Crippen LogP contribution in [0.15, 0.2) is 57.9 Å². The Bertz CT molecular complexity index is 817. The fourth-order valence-electron chi connectivity index (χ4n) is 2.25. The van der Waals surface area contributed by atoms with Crippen molar-refractivity contribution < 1.29 is 4.42 Å². The molecule has 100 valence electrons. The molecule has 1 aromatic heterocycles. The van der Waals surface area contributed by atoms with E-state index in [-0.39, 0.29) is 5.43 Å². The van der Waals surface area contributed by atoms with Crippen LogP contribution in [-0.2, 0) is 0 Å². The number of aryl methyl sites for hydroxylation is 1. The van der Waals surface area contributed by atoms with E-state index in [1.165, 1.54) is 5.30 Å². The van der Waals surface area contributed by atoms with Crippen molar-refractivity contribution in [2.45, 2.75) is 6.92 Å². The molecule has 2 nitrogen and oxygen atoms in total. The number of hydrogen-bond donors (Lipinski definition) is 0. The molecule has 2 aromatic carbocycles. The van der Waals surface area contributed by atoms with Gasteiger partial charge >= 0.3 is 0 Å². The molecule has 0 amide bonds. The summed E-state index contributed by atoms with van der Waals surface area (Å²) in [6, 6.07) is 13.8. The first-order chi connectivity index (χ1) is 9.69. The molecule has 0 aliphatic carbocycles. The van der Waals surface area contributed by atoms with Gasteiger partial charge in [-0.05, 0) is 42.2 Å². The number of fused-ring (bicyclic) bond motifs is 1. The number of rotatable bonds is 2. The van der Waals surface area contributed by atoms with E-state index in [2.05, 4.69) is 18.8 Å². The van der Waals surface area contributed by atoms with E-state index >= 15 is 0 Å². The van der Waals surface area contributed by atoms with Crippen LogP contribution in [-0.4, -0.2) is 6.66 Å². The number of hydrogen-bond acceptors (Lipinski definition) is 2. The molecular weight excluding hydrogens is 267 g/mol. The molecule has 20 heavy (non-hydrogen) atoms. The van der Waals surface area contributed by atoms with Gasteiger partial charge in [0.2, 0.25) is 0 Å². The van der Waals surface area contributed by atoms with Crippen LogP contribution in [0.2, 0.25) is 0 Å². The Kier molecular flexibility index (Phi) is 3.42. The zero-order valence-corrected chi connectivity index (χ0v) is 12.4. The minimum Gasteiger partial charge on any atom is -0.463 e. The topological polar surface area (TPSA) is 30.2 Å². The molecular formula is C17H15O2P. The molecule has 0 saturated heterocycles. The maximum atomic E-state index is 12.5. The Balaban J connectivity index is 2.18. The third-order valence-electron chi connectivity index (χ3n) is 3.41. The fourth-order valence-corrected chi connectivity index (χ4v) is 2.75. The molecule has 3 rings (SSSR count). The van der Waals surface area contributed by atoms with Gasteiger partial charge in [0.1, 0.15) is 11.8 Å². The van der Waals surface area contributed by atoms with Gasteiger partial charge in [0.05, 0.1) is 10.9 Å². The minimum atomic E-state index is 0.0259. The van der Waals surface area contributed by atoms with E-state index in [4.69, 9.17) is 4.42 Å². The summed E-state index contributed by atoms with van der Waals surface area (Å²) in [5.41, 5.74) is 3.28. The highest BCUT2D eigenvalue weighted by atomic mass is 31.1. The van der Waals surface area contributed by atoms with Crippen LogP contribution in [0.25, 0.3) is 22.1 Å². The Morgan fingerprint density at radius 1 is 1.05 bits per heavy atom. The first kappa shape index (κ1) is 13.1. The van der Waals surface area contributed by atoms with Crippen molar-refractivity contribution in [3.63, 3.8) is 0 Å². The van der Waals surface area contributed by atoms with Crippen molar-refractivity contribution in [2.24, 2.45) is 0 Å². The van der Waals surface area contributed by atoms with Crippen LogP contribution >= 0.6 is 8.58 Å². The second kappa shape index (κ2) is 5.22.